The van der Waals surface area contributed by atoms with E-state index in [0.717, 1.165) is 19.3 Å². The van der Waals surface area contributed by atoms with Crippen molar-refractivity contribution < 1.29 is 14.3 Å². The number of esters is 1. The van der Waals surface area contributed by atoms with Crippen LogP contribution in [0.4, 0.5) is 5.69 Å². The van der Waals surface area contributed by atoms with E-state index in [0.29, 0.717) is 29.7 Å². The van der Waals surface area contributed by atoms with Gasteiger partial charge in [0.1, 0.15) is 11.7 Å². The minimum absolute atomic E-state index is 0.114. The van der Waals surface area contributed by atoms with Crippen molar-refractivity contribution in [1.29, 1.82) is 0 Å². The molecule has 2 rings (SSSR count). The molecule has 0 spiro atoms. The number of anilines is 1. The topological polar surface area (TPSA) is 74.4 Å². The van der Waals surface area contributed by atoms with Gasteiger partial charge >= 0.3 is 5.97 Å². The summed E-state index contributed by atoms with van der Waals surface area (Å²) in [6.45, 7) is 4.30. The van der Waals surface area contributed by atoms with E-state index in [4.69, 9.17) is 15.2 Å². The van der Waals surface area contributed by atoms with Crippen LogP contribution >= 0.6 is 0 Å². The van der Waals surface area contributed by atoms with Gasteiger partial charge in [-0.15, -0.1) is 0 Å². The van der Waals surface area contributed by atoms with Crippen LogP contribution < -0.4 is 10.5 Å². The van der Waals surface area contributed by atoms with E-state index in [1.807, 2.05) is 0 Å². The standard InChI is InChI=1S/C15H22N2O3/c1-3-19-15(18)13-8-11(16)9-17-14(13)20-12-6-4-5-10(2)7-12/h8-10,12H,3-7,16H2,1-2H3. The minimum atomic E-state index is -0.439. The predicted molar refractivity (Wildman–Crippen MR) is 76.7 cm³/mol. The molecule has 1 aliphatic rings. The third-order valence-electron chi connectivity index (χ3n) is 3.53. The van der Waals surface area contributed by atoms with Crippen molar-refractivity contribution in [3.8, 4) is 5.88 Å². The highest BCUT2D eigenvalue weighted by Crippen LogP contribution is 2.28. The maximum absolute atomic E-state index is 11.9. The molecule has 110 valence electrons. The van der Waals surface area contributed by atoms with Crippen molar-refractivity contribution in [2.45, 2.75) is 45.6 Å². The number of ether oxygens (including phenoxy) is 2. The van der Waals surface area contributed by atoms with Crippen LogP contribution in [0.15, 0.2) is 12.3 Å². The SMILES string of the molecule is CCOC(=O)c1cc(N)cnc1OC1CCCC(C)C1. The van der Waals surface area contributed by atoms with Crippen LogP contribution in [0, 0.1) is 5.92 Å². The molecule has 5 heteroatoms. The Kier molecular flexibility index (Phi) is 4.82. The van der Waals surface area contributed by atoms with E-state index in [1.165, 1.54) is 12.6 Å². The van der Waals surface area contributed by atoms with E-state index < -0.39 is 5.97 Å². The number of pyridine rings is 1. The Morgan fingerprint density at radius 1 is 1.50 bits per heavy atom. The number of carbonyl (C=O) groups excluding carboxylic acids is 1. The number of carbonyl (C=O) groups is 1. The summed E-state index contributed by atoms with van der Waals surface area (Å²) < 4.78 is 10.9. The number of nitrogen functional groups attached to an aromatic ring is 1. The molecule has 2 unspecified atom stereocenters. The second kappa shape index (κ2) is 6.59. The molecule has 0 radical (unpaired) electrons. The van der Waals surface area contributed by atoms with E-state index in [9.17, 15) is 4.79 Å². The van der Waals surface area contributed by atoms with E-state index in [2.05, 4.69) is 11.9 Å². The van der Waals surface area contributed by atoms with Gasteiger partial charge in [-0.25, -0.2) is 9.78 Å². The number of rotatable bonds is 4. The van der Waals surface area contributed by atoms with Gasteiger partial charge in [-0.1, -0.05) is 13.3 Å². The molecule has 2 atom stereocenters. The predicted octanol–water partition coefficient (Wildman–Crippen LogP) is 2.80. The lowest BCUT2D eigenvalue weighted by molar-refractivity contribution is 0.0512. The Balaban J connectivity index is 2.15. The van der Waals surface area contributed by atoms with Gasteiger partial charge in [0.05, 0.1) is 18.5 Å². The first-order valence-corrected chi connectivity index (χ1v) is 7.19. The van der Waals surface area contributed by atoms with Crippen molar-refractivity contribution in [2.75, 3.05) is 12.3 Å². The monoisotopic (exact) mass is 278 g/mol. The van der Waals surface area contributed by atoms with Crippen LogP contribution in [-0.2, 0) is 4.74 Å². The van der Waals surface area contributed by atoms with Crippen molar-refractivity contribution in [3.63, 3.8) is 0 Å². The summed E-state index contributed by atoms with van der Waals surface area (Å²) in [4.78, 5) is 16.1. The maximum Gasteiger partial charge on any atom is 0.343 e. The molecule has 20 heavy (non-hydrogen) atoms. The molecule has 1 aliphatic carbocycles. The minimum Gasteiger partial charge on any atom is -0.474 e. The molecule has 0 bridgehead atoms. The average Bonchev–Trinajstić information content (AvgIpc) is 2.41. The first-order valence-electron chi connectivity index (χ1n) is 7.19. The second-order valence-corrected chi connectivity index (χ2v) is 5.35. The van der Waals surface area contributed by atoms with E-state index in [1.54, 1.807) is 13.0 Å². The zero-order chi connectivity index (χ0) is 14.5. The summed E-state index contributed by atoms with van der Waals surface area (Å²) >= 11 is 0. The van der Waals surface area contributed by atoms with Crippen molar-refractivity contribution in [2.24, 2.45) is 5.92 Å². The molecule has 1 fully saturated rings. The zero-order valence-electron chi connectivity index (χ0n) is 12.1. The third-order valence-corrected chi connectivity index (χ3v) is 3.53. The van der Waals surface area contributed by atoms with Gasteiger partial charge in [-0.2, -0.15) is 0 Å². The molecule has 0 saturated heterocycles. The van der Waals surface area contributed by atoms with Crippen LogP contribution in [-0.4, -0.2) is 23.7 Å². The first kappa shape index (κ1) is 14.6. The van der Waals surface area contributed by atoms with E-state index >= 15 is 0 Å². The largest absolute Gasteiger partial charge is 0.474 e. The van der Waals surface area contributed by atoms with Gasteiger partial charge in [0.2, 0.25) is 5.88 Å². The highest BCUT2D eigenvalue weighted by molar-refractivity contribution is 5.92. The van der Waals surface area contributed by atoms with E-state index in [-0.39, 0.29) is 6.10 Å². The Labute approximate surface area is 119 Å². The van der Waals surface area contributed by atoms with Gasteiger partial charge in [-0.05, 0) is 38.2 Å². The van der Waals surface area contributed by atoms with Crippen LogP contribution in [0.5, 0.6) is 5.88 Å². The zero-order valence-corrected chi connectivity index (χ0v) is 12.1. The molecule has 0 aromatic carbocycles. The second-order valence-electron chi connectivity index (χ2n) is 5.35. The number of nitrogens with two attached hydrogens (primary N) is 1. The van der Waals surface area contributed by atoms with Gasteiger partial charge in [-0.3, -0.25) is 0 Å². The molecule has 1 heterocycles. The Morgan fingerprint density at radius 2 is 2.30 bits per heavy atom. The molecule has 1 saturated carbocycles. The van der Waals surface area contributed by atoms with Crippen molar-refractivity contribution in [1.82, 2.24) is 4.98 Å². The lowest BCUT2D eigenvalue weighted by Crippen LogP contribution is -2.25. The van der Waals surface area contributed by atoms with Gasteiger partial charge < -0.3 is 15.2 Å². The summed E-state index contributed by atoms with van der Waals surface area (Å²) in [7, 11) is 0. The third kappa shape index (κ3) is 3.62. The summed E-state index contributed by atoms with van der Waals surface area (Å²) in [6, 6.07) is 1.56. The number of hydrogen-bond donors (Lipinski definition) is 1. The molecule has 5 nitrogen and oxygen atoms in total. The lowest BCUT2D eigenvalue weighted by Gasteiger charge is -2.27. The normalized spacial score (nSPS) is 22.3. The van der Waals surface area contributed by atoms with Crippen LogP contribution in [0.1, 0.15) is 49.9 Å². The molecular weight excluding hydrogens is 256 g/mol. The average molecular weight is 278 g/mol. The fraction of sp³-hybridized carbons (Fsp3) is 0.600. The number of nitrogens with zero attached hydrogens (tertiary/aromatic N) is 1. The van der Waals surface area contributed by atoms with Crippen molar-refractivity contribution in [3.05, 3.63) is 17.8 Å². The highest BCUT2D eigenvalue weighted by atomic mass is 16.5. The van der Waals surface area contributed by atoms with Crippen LogP contribution in [0.25, 0.3) is 0 Å². The quantitative estimate of drug-likeness (QED) is 0.857. The maximum atomic E-state index is 11.9. The molecule has 2 N–H and O–H groups in total. The summed E-state index contributed by atoms with van der Waals surface area (Å²) in [6.07, 6.45) is 6.00. The van der Waals surface area contributed by atoms with Gasteiger partial charge in [0.25, 0.3) is 0 Å². The molecule has 0 aliphatic heterocycles. The van der Waals surface area contributed by atoms with Gasteiger partial charge in [0.15, 0.2) is 0 Å². The molecular formula is C15H22N2O3. The molecule has 0 amide bonds. The molecule has 1 aromatic heterocycles. The number of aromatic nitrogens is 1. The van der Waals surface area contributed by atoms with Crippen LogP contribution in [0.3, 0.4) is 0 Å². The van der Waals surface area contributed by atoms with Gasteiger partial charge in [0, 0.05) is 0 Å². The fourth-order valence-corrected chi connectivity index (χ4v) is 2.56. The summed E-state index contributed by atoms with van der Waals surface area (Å²) in [5, 5.41) is 0. The lowest BCUT2D eigenvalue weighted by atomic mass is 9.89. The fourth-order valence-electron chi connectivity index (χ4n) is 2.56. The Bertz CT molecular complexity index is 476. The van der Waals surface area contributed by atoms with Crippen molar-refractivity contribution >= 4 is 11.7 Å². The Morgan fingerprint density at radius 3 is 3.00 bits per heavy atom. The first-order chi connectivity index (χ1) is 9.60. The van der Waals surface area contributed by atoms with Crippen LogP contribution in [0.2, 0.25) is 0 Å². The number of hydrogen-bond acceptors (Lipinski definition) is 5. The summed E-state index contributed by atoms with van der Waals surface area (Å²) in [5.41, 5.74) is 6.43. The highest BCUT2D eigenvalue weighted by Gasteiger charge is 2.23. The summed E-state index contributed by atoms with van der Waals surface area (Å²) in [5.74, 6) is 0.538. The smallest absolute Gasteiger partial charge is 0.343 e. The Hall–Kier alpha value is -1.78. The molecule has 1 aromatic rings.